The highest BCUT2D eigenvalue weighted by Gasteiger charge is 2.16. The highest BCUT2D eigenvalue weighted by Crippen LogP contribution is 2.17. The first-order valence-electron chi connectivity index (χ1n) is 8.36. The van der Waals surface area contributed by atoms with Gasteiger partial charge in [0, 0.05) is 25.0 Å². The Bertz CT molecular complexity index is 1140. The van der Waals surface area contributed by atoms with E-state index in [1.165, 1.54) is 21.5 Å². The topological polar surface area (TPSA) is 109 Å². The Hall–Kier alpha value is -3.56. The van der Waals surface area contributed by atoms with Crippen molar-refractivity contribution in [3.05, 3.63) is 64.0 Å². The lowest BCUT2D eigenvalue weighted by Gasteiger charge is -2.01. The van der Waals surface area contributed by atoms with Crippen LogP contribution in [0.15, 0.2) is 40.2 Å². The zero-order valence-corrected chi connectivity index (χ0v) is 15.2. The van der Waals surface area contributed by atoms with Gasteiger partial charge in [-0.2, -0.15) is 10.2 Å². The molecule has 0 aliphatic heterocycles. The van der Waals surface area contributed by atoms with Crippen molar-refractivity contribution in [3.8, 4) is 11.6 Å². The summed E-state index contributed by atoms with van der Waals surface area (Å²) in [5.41, 5.74) is 2.57. The van der Waals surface area contributed by atoms with Gasteiger partial charge in [-0.05, 0) is 19.9 Å². The summed E-state index contributed by atoms with van der Waals surface area (Å²) >= 11 is 0. The summed E-state index contributed by atoms with van der Waals surface area (Å²) in [6.45, 7) is 4.44. The van der Waals surface area contributed by atoms with E-state index in [-0.39, 0.29) is 18.1 Å². The molecule has 1 N–H and O–H groups in total. The molecule has 0 amide bonds. The van der Waals surface area contributed by atoms with Crippen molar-refractivity contribution in [2.75, 3.05) is 0 Å². The summed E-state index contributed by atoms with van der Waals surface area (Å²) in [6, 6.07) is 1.82. The van der Waals surface area contributed by atoms with Crippen LogP contribution in [0.1, 0.15) is 22.7 Å². The summed E-state index contributed by atoms with van der Waals surface area (Å²) in [5, 5.41) is 22.7. The second kappa shape index (κ2) is 6.31. The van der Waals surface area contributed by atoms with Crippen LogP contribution in [0, 0.1) is 13.8 Å². The number of nitrogens with zero attached hydrogens (tertiary/aromatic N) is 7. The average Bonchev–Trinajstić information content (AvgIpc) is 3.36. The number of aromatic hydroxyl groups is 1. The Morgan fingerprint density at radius 3 is 2.70 bits per heavy atom. The van der Waals surface area contributed by atoms with Gasteiger partial charge in [0.25, 0.3) is 0 Å². The number of hydrogen-bond acceptors (Lipinski definition) is 6. The van der Waals surface area contributed by atoms with Gasteiger partial charge in [0.2, 0.25) is 5.88 Å². The van der Waals surface area contributed by atoms with Crippen molar-refractivity contribution in [3.63, 3.8) is 0 Å². The van der Waals surface area contributed by atoms with Gasteiger partial charge in [0.1, 0.15) is 5.76 Å². The molecule has 0 aliphatic rings. The van der Waals surface area contributed by atoms with Crippen LogP contribution in [0.25, 0.3) is 5.69 Å². The first kappa shape index (κ1) is 16.9. The average molecular weight is 369 g/mol. The summed E-state index contributed by atoms with van der Waals surface area (Å²) in [5.74, 6) is 0.568. The van der Waals surface area contributed by atoms with Gasteiger partial charge in [-0.3, -0.25) is 13.9 Å². The third-order valence-electron chi connectivity index (χ3n) is 4.42. The number of imidazole rings is 1. The zero-order chi connectivity index (χ0) is 19.1. The van der Waals surface area contributed by atoms with Gasteiger partial charge in [-0.25, -0.2) is 9.36 Å². The van der Waals surface area contributed by atoms with Crippen LogP contribution >= 0.6 is 0 Å². The highest BCUT2D eigenvalue weighted by atomic mass is 16.5. The molecule has 0 spiro atoms. The Balaban J connectivity index is 1.62. The molecule has 0 bridgehead atoms. The Morgan fingerprint density at radius 2 is 2.04 bits per heavy atom. The first-order valence-corrected chi connectivity index (χ1v) is 8.36. The van der Waals surface area contributed by atoms with Crippen molar-refractivity contribution in [2.24, 2.45) is 7.05 Å². The predicted molar refractivity (Wildman–Crippen MR) is 94.9 cm³/mol. The Kier molecular flexibility index (Phi) is 3.94. The van der Waals surface area contributed by atoms with Crippen LogP contribution in [0.4, 0.5) is 0 Å². The maximum absolute atomic E-state index is 12.7. The van der Waals surface area contributed by atoms with E-state index < -0.39 is 0 Å². The molecule has 0 saturated heterocycles. The molecular weight excluding hydrogens is 350 g/mol. The van der Waals surface area contributed by atoms with E-state index in [0.717, 1.165) is 22.7 Å². The third kappa shape index (κ3) is 3.05. The fraction of sp³-hybridized carbons (Fsp3) is 0.294. The van der Waals surface area contributed by atoms with Crippen molar-refractivity contribution < 1.29 is 9.63 Å². The minimum absolute atomic E-state index is 0.159. The van der Waals surface area contributed by atoms with Gasteiger partial charge >= 0.3 is 5.69 Å². The molecule has 0 radical (unpaired) electrons. The predicted octanol–water partition coefficient (Wildman–Crippen LogP) is 0.976. The van der Waals surface area contributed by atoms with Crippen LogP contribution in [0.5, 0.6) is 5.88 Å². The van der Waals surface area contributed by atoms with E-state index in [2.05, 4.69) is 15.4 Å². The van der Waals surface area contributed by atoms with Crippen LogP contribution in [-0.4, -0.2) is 39.0 Å². The number of aryl methyl sites for hydroxylation is 3. The SMILES string of the molecule is Cc1noc(C)c1Cn1cc(-n2c(O)cn(Cc3ccn(C)n3)c2=O)cn1. The maximum atomic E-state index is 12.7. The Morgan fingerprint density at radius 1 is 1.22 bits per heavy atom. The fourth-order valence-corrected chi connectivity index (χ4v) is 3.00. The van der Waals surface area contributed by atoms with Crippen molar-refractivity contribution in [2.45, 2.75) is 26.9 Å². The van der Waals surface area contributed by atoms with Crippen LogP contribution in [0.2, 0.25) is 0 Å². The second-order valence-corrected chi connectivity index (χ2v) is 6.41. The van der Waals surface area contributed by atoms with Gasteiger partial charge in [-0.1, -0.05) is 5.16 Å². The maximum Gasteiger partial charge on any atom is 0.336 e. The molecule has 140 valence electrons. The van der Waals surface area contributed by atoms with E-state index in [4.69, 9.17) is 4.52 Å². The van der Waals surface area contributed by atoms with Gasteiger partial charge < -0.3 is 9.63 Å². The molecule has 0 unspecified atom stereocenters. The molecule has 0 aliphatic carbocycles. The van der Waals surface area contributed by atoms with Crippen LogP contribution < -0.4 is 5.69 Å². The monoisotopic (exact) mass is 369 g/mol. The largest absolute Gasteiger partial charge is 0.493 e. The molecule has 0 fully saturated rings. The van der Waals surface area contributed by atoms with E-state index in [1.807, 2.05) is 27.0 Å². The highest BCUT2D eigenvalue weighted by molar-refractivity contribution is 5.32. The van der Waals surface area contributed by atoms with Crippen molar-refractivity contribution in [1.29, 1.82) is 0 Å². The standard InChI is InChI=1S/C17H19N7O3/c1-11-15(12(2)27-20-11)9-23-8-14(6-18-23)24-16(25)10-22(17(24)26)7-13-4-5-21(3)19-13/h4-6,8,10,25H,7,9H2,1-3H3. The van der Waals surface area contributed by atoms with E-state index in [1.54, 1.807) is 21.8 Å². The minimum atomic E-state index is -0.366. The fourth-order valence-electron chi connectivity index (χ4n) is 3.00. The normalized spacial score (nSPS) is 11.4. The molecule has 0 aromatic carbocycles. The molecule has 4 aromatic rings. The van der Waals surface area contributed by atoms with Crippen molar-refractivity contribution in [1.82, 2.24) is 33.9 Å². The molecule has 0 atom stereocenters. The van der Waals surface area contributed by atoms with E-state index >= 15 is 0 Å². The molecular formula is C17H19N7O3. The van der Waals surface area contributed by atoms with Gasteiger partial charge in [-0.15, -0.1) is 0 Å². The van der Waals surface area contributed by atoms with Crippen molar-refractivity contribution >= 4 is 0 Å². The lowest BCUT2D eigenvalue weighted by molar-refractivity contribution is 0.391. The third-order valence-corrected chi connectivity index (χ3v) is 4.42. The smallest absolute Gasteiger partial charge is 0.336 e. The molecule has 0 saturated carbocycles. The van der Waals surface area contributed by atoms with E-state index in [0.29, 0.717) is 12.2 Å². The molecule has 10 heteroatoms. The molecule has 4 aromatic heterocycles. The van der Waals surface area contributed by atoms with Gasteiger partial charge in [0.05, 0.1) is 42.6 Å². The minimum Gasteiger partial charge on any atom is -0.493 e. The van der Waals surface area contributed by atoms with Crippen LogP contribution in [0.3, 0.4) is 0 Å². The molecule has 10 nitrogen and oxygen atoms in total. The molecule has 27 heavy (non-hydrogen) atoms. The summed E-state index contributed by atoms with van der Waals surface area (Å²) < 4.78 is 11.1. The summed E-state index contributed by atoms with van der Waals surface area (Å²) in [7, 11) is 1.81. The molecule has 4 heterocycles. The lowest BCUT2D eigenvalue weighted by Crippen LogP contribution is -2.23. The zero-order valence-electron chi connectivity index (χ0n) is 15.2. The number of rotatable bonds is 5. The summed E-state index contributed by atoms with van der Waals surface area (Å²) in [4.78, 5) is 12.7. The second-order valence-electron chi connectivity index (χ2n) is 6.41. The Labute approximate surface area is 153 Å². The first-order chi connectivity index (χ1) is 12.9. The number of aromatic nitrogens is 7. The number of hydrogen-bond donors (Lipinski definition) is 1. The summed E-state index contributed by atoms with van der Waals surface area (Å²) in [6.07, 6.45) is 6.42. The van der Waals surface area contributed by atoms with E-state index in [9.17, 15) is 9.90 Å². The van der Waals surface area contributed by atoms with Crippen LogP contribution in [-0.2, 0) is 20.1 Å². The quantitative estimate of drug-likeness (QED) is 0.562. The molecule has 4 rings (SSSR count). The lowest BCUT2D eigenvalue weighted by atomic mass is 10.2. The van der Waals surface area contributed by atoms with Gasteiger partial charge in [0.15, 0.2) is 0 Å².